The summed E-state index contributed by atoms with van der Waals surface area (Å²) in [5.74, 6) is 2.57. The Hall–Kier alpha value is -2.32. The summed E-state index contributed by atoms with van der Waals surface area (Å²) in [6.45, 7) is 10.4. The molecule has 146 valence electrons. The zero-order chi connectivity index (χ0) is 18.9. The van der Waals surface area contributed by atoms with E-state index in [0.29, 0.717) is 26.2 Å². The van der Waals surface area contributed by atoms with Crippen molar-refractivity contribution in [2.75, 3.05) is 39.3 Å². The molecule has 1 aliphatic rings. The average Bonchev–Trinajstić information content (AvgIpc) is 2.97. The van der Waals surface area contributed by atoms with Crippen LogP contribution in [0.25, 0.3) is 0 Å². The van der Waals surface area contributed by atoms with Crippen molar-refractivity contribution in [2.24, 2.45) is 12.0 Å². The van der Waals surface area contributed by atoms with Crippen molar-refractivity contribution in [3.63, 3.8) is 0 Å². The zero-order valence-corrected chi connectivity index (χ0v) is 16.4. The van der Waals surface area contributed by atoms with Gasteiger partial charge in [0, 0.05) is 39.8 Å². The Morgan fingerprint density at radius 3 is 2.46 bits per heavy atom. The van der Waals surface area contributed by atoms with Crippen LogP contribution < -0.4 is 5.32 Å². The summed E-state index contributed by atoms with van der Waals surface area (Å²) in [5.41, 5.74) is 0. The van der Waals surface area contributed by atoms with E-state index in [1.165, 1.54) is 0 Å². The van der Waals surface area contributed by atoms with Crippen LogP contribution >= 0.6 is 0 Å². The third-order valence-corrected chi connectivity index (χ3v) is 4.47. The number of carbonyl (C=O) groups excluding carboxylic acids is 1. The lowest BCUT2D eigenvalue weighted by Crippen LogP contribution is -2.54. The zero-order valence-electron chi connectivity index (χ0n) is 16.4. The number of hydrogen-bond acceptors (Lipinski definition) is 5. The van der Waals surface area contributed by atoms with E-state index < -0.39 is 0 Å². The van der Waals surface area contributed by atoms with Crippen LogP contribution in [0.2, 0.25) is 0 Å². The van der Waals surface area contributed by atoms with E-state index in [1.807, 2.05) is 25.5 Å². The van der Waals surface area contributed by atoms with Crippen LogP contribution in [0.5, 0.6) is 0 Å². The summed E-state index contributed by atoms with van der Waals surface area (Å²) in [6.07, 6.45) is 1.98. The van der Waals surface area contributed by atoms with E-state index in [4.69, 9.17) is 9.73 Å². The van der Waals surface area contributed by atoms with E-state index in [-0.39, 0.29) is 6.09 Å². The number of ether oxygens (including phenoxy) is 1. The molecule has 0 atom stereocenters. The maximum Gasteiger partial charge on any atom is 0.409 e. The van der Waals surface area contributed by atoms with Gasteiger partial charge in [0.2, 0.25) is 0 Å². The van der Waals surface area contributed by atoms with Gasteiger partial charge in [-0.15, -0.1) is 10.2 Å². The number of aryl methyl sites for hydroxylation is 1. The fraction of sp³-hybridized carbons (Fsp3) is 0.765. The molecular formula is C17H31N7O2. The van der Waals surface area contributed by atoms with Gasteiger partial charge in [0.05, 0.1) is 6.61 Å². The van der Waals surface area contributed by atoms with Gasteiger partial charge < -0.3 is 24.4 Å². The maximum atomic E-state index is 11.9. The second-order valence-corrected chi connectivity index (χ2v) is 6.32. The second-order valence-electron chi connectivity index (χ2n) is 6.32. The number of aliphatic imine (C=N–C) groups is 1. The first-order chi connectivity index (χ1) is 12.6. The molecule has 26 heavy (non-hydrogen) atoms. The molecule has 0 saturated carbocycles. The highest BCUT2D eigenvalue weighted by molar-refractivity contribution is 5.80. The molecule has 1 N–H and O–H groups in total. The summed E-state index contributed by atoms with van der Waals surface area (Å²) in [5, 5.41) is 11.7. The van der Waals surface area contributed by atoms with Crippen LogP contribution in [0.4, 0.5) is 4.79 Å². The van der Waals surface area contributed by atoms with Crippen LogP contribution in [-0.4, -0.2) is 75.9 Å². The van der Waals surface area contributed by atoms with Crippen LogP contribution in [-0.2, 0) is 18.3 Å². The van der Waals surface area contributed by atoms with Crippen LogP contribution in [0.3, 0.4) is 0 Å². The van der Waals surface area contributed by atoms with E-state index in [0.717, 1.165) is 50.1 Å². The fourth-order valence-corrected chi connectivity index (χ4v) is 2.69. The van der Waals surface area contributed by atoms with Gasteiger partial charge in [0.25, 0.3) is 0 Å². The Morgan fingerprint density at radius 1 is 1.19 bits per heavy atom. The van der Waals surface area contributed by atoms with Gasteiger partial charge in [-0.1, -0.05) is 13.3 Å². The highest BCUT2D eigenvalue weighted by Crippen LogP contribution is 2.06. The first-order valence-corrected chi connectivity index (χ1v) is 9.36. The standard InChI is InChI=1S/C17H31N7O2/c1-5-7-8-18-16(19-13-15-21-20-14(3)22(15)4)23-9-11-24(12-10-23)17(25)26-6-2/h5-13H2,1-4H3,(H,18,19). The summed E-state index contributed by atoms with van der Waals surface area (Å²) < 4.78 is 7.03. The minimum atomic E-state index is -0.237. The number of carbonyl (C=O) groups is 1. The number of rotatable bonds is 6. The number of amides is 1. The van der Waals surface area contributed by atoms with E-state index in [2.05, 4.69) is 27.3 Å². The minimum absolute atomic E-state index is 0.237. The number of unbranched alkanes of at least 4 members (excludes halogenated alkanes) is 1. The lowest BCUT2D eigenvalue weighted by molar-refractivity contribution is 0.0914. The number of aromatic nitrogens is 3. The van der Waals surface area contributed by atoms with Crippen molar-refractivity contribution >= 4 is 12.1 Å². The minimum Gasteiger partial charge on any atom is -0.450 e. The Morgan fingerprint density at radius 2 is 1.88 bits per heavy atom. The SMILES string of the molecule is CCCCNC(=NCc1nnc(C)n1C)N1CCN(C(=O)OCC)CC1. The molecule has 1 amide bonds. The van der Waals surface area contributed by atoms with Crippen molar-refractivity contribution in [3.8, 4) is 0 Å². The first-order valence-electron chi connectivity index (χ1n) is 9.36. The summed E-state index contributed by atoms with van der Waals surface area (Å²) in [6, 6.07) is 0. The highest BCUT2D eigenvalue weighted by Gasteiger charge is 2.23. The van der Waals surface area contributed by atoms with Crippen molar-refractivity contribution in [3.05, 3.63) is 11.6 Å². The highest BCUT2D eigenvalue weighted by atomic mass is 16.6. The molecule has 1 fully saturated rings. The second kappa shape index (κ2) is 9.98. The number of nitrogens with one attached hydrogen (secondary N) is 1. The van der Waals surface area contributed by atoms with E-state index in [1.54, 1.807) is 4.90 Å². The van der Waals surface area contributed by atoms with Crippen molar-refractivity contribution in [1.82, 2.24) is 29.9 Å². The third-order valence-electron chi connectivity index (χ3n) is 4.47. The smallest absolute Gasteiger partial charge is 0.409 e. The summed E-state index contributed by atoms with van der Waals surface area (Å²) in [7, 11) is 1.95. The van der Waals surface area contributed by atoms with Gasteiger partial charge in [-0.2, -0.15) is 0 Å². The molecule has 2 rings (SSSR count). The quantitative estimate of drug-likeness (QED) is 0.462. The average molecular weight is 365 g/mol. The lowest BCUT2D eigenvalue weighted by Gasteiger charge is -2.36. The Labute approximate surface area is 155 Å². The molecule has 0 aliphatic carbocycles. The predicted octanol–water partition coefficient (Wildman–Crippen LogP) is 1.14. The number of nitrogens with zero attached hydrogens (tertiary/aromatic N) is 6. The van der Waals surface area contributed by atoms with Crippen molar-refractivity contribution in [1.29, 1.82) is 0 Å². The third kappa shape index (κ3) is 5.34. The molecule has 2 heterocycles. The summed E-state index contributed by atoms with van der Waals surface area (Å²) >= 11 is 0. The fourth-order valence-electron chi connectivity index (χ4n) is 2.69. The molecule has 9 nitrogen and oxygen atoms in total. The van der Waals surface area contributed by atoms with Gasteiger partial charge >= 0.3 is 6.09 Å². The van der Waals surface area contributed by atoms with Gasteiger partial charge in [-0.25, -0.2) is 9.79 Å². The van der Waals surface area contributed by atoms with Crippen LogP contribution in [0.15, 0.2) is 4.99 Å². The molecule has 0 bridgehead atoms. The van der Waals surface area contributed by atoms with Gasteiger partial charge in [0.15, 0.2) is 11.8 Å². The van der Waals surface area contributed by atoms with Crippen LogP contribution in [0.1, 0.15) is 38.3 Å². The summed E-state index contributed by atoms with van der Waals surface area (Å²) in [4.78, 5) is 20.5. The Kier molecular flexibility index (Phi) is 7.68. The predicted molar refractivity (Wildman–Crippen MR) is 100.0 cm³/mol. The molecule has 1 aromatic heterocycles. The molecule has 9 heteroatoms. The Balaban J connectivity index is 1.99. The van der Waals surface area contributed by atoms with E-state index in [9.17, 15) is 4.79 Å². The van der Waals surface area contributed by atoms with Gasteiger partial charge in [-0.3, -0.25) is 0 Å². The number of hydrogen-bond donors (Lipinski definition) is 1. The molecule has 0 aromatic carbocycles. The normalized spacial score (nSPS) is 15.3. The monoisotopic (exact) mass is 365 g/mol. The molecule has 0 radical (unpaired) electrons. The first kappa shape index (κ1) is 20.0. The maximum absolute atomic E-state index is 11.9. The topological polar surface area (TPSA) is 87.9 Å². The molecule has 0 spiro atoms. The van der Waals surface area contributed by atoms with Gasteiger partial charge in [0.1, 0.15) is 12.4 Å². The lowest BCUT2D eigenvalue weighted by atomic mass is 10.3. The number of guanidine groups is 1. The molecule has 1 aromatic rings. The molecular weight excluding hydrogens is 334 g/mol. The number of piperazine rings is 1. The van der Waals surface area contributed by atoms with Crippen molar-refractivity contribution < 1.29 is 9.53 Å². The molecule has 1 saturated heterocycles. The molecule has 1 aliphatic heterocycles. The largest absolute Gasteiger partial charge is 0.450 e. The van der Waals surface area contributed by atoms with Crippen molar-refractivity contribution in [2.45, 2.75) is 40.2 Å². The van der Waals surface area contributed by atoms with Gasteiger partial charge in [-0.05, 0) is 20.3 Å². The molecule has 0 unspecified atom stereocenters. The van der Waals surface area contributed by atoms with E-state index >= 15 is 0 Å². The Bertz CT molecular complexity index is 606. The van der Waals surface area contributed by atoms with Crippen LogP contribution in [0, 0.1) is 6.92 Å².